The standard InChI is InChI=1S/C15H21ClN2O3/c16-9-10-17-15(21)18-13-7-4-6-12(11-13)5-2-1-3-8-14(19)20/h4,6-7,11H,1-3,5,8-10H2,(H,19,20)(H2,17,18,21). The van der Waals surface area contributed by atoms with Crippen molar-refractivity contribution in [1.29, 1.82) is 0 Å². The first kappa shape index (κ1) is 17.3. The van der Waals surface area contributed by atoms with Gasteiger partial charge in [0.1, 0.15) is 0 Å². The minimum atomic E-state index is -0.746. The molecule has 0 aliphatic heterocycles. The molecule has 6 heteroatoms. The summed E-state index contributed by atoms with van der Waals surface area (Å²) in [6.07, 6.45) is 3.63. The lowest BCUT2D eigenvalue weighted by molar-refractivity contribution is -0.137. The Morgan fingerprint density at radius 1 is 1.19 bits per heavy atom. The van der Waals surface area contributed by atoms with Crippen LogP contribution in [-0.2, 0) is 11.2 Å². The Morgan fingerprint density at radius 2 is 2.00 bits per heavy atom. The first-order valence-electron chi connectivity index (χ1n) is 7.03. The minimum Gasteiger partial charge on any atom is -0.481 e. The Hall–Kier alpha value is -1.75. The highest BCUT2D eigenvalue weighted by Crippen LogP contribution is 2.14. The predicted octanol–water partition coefficient (Wildman–Crippen LogP) is 3.23. The molecule has 0 bridgehead atoms. The van der Waals surface area contributed by atoms with Crippen molar-refractivity contribution in [2.75, 3.05) is 17.7 Å². The van der Waals surface area contributed by atoms with Crippen LogP contribution in [0, 0.1) is 0 Å². The van der Waals surface area contributed by atoms with E-state index < -0.39 is 5.97 Å². The van der Waals surface area contributed by atoms with Crippen LogP contribution < -0.4 is 10.6 Å². The van der Waals surface area contributed by atoms with E-state index in [0.717, 1.165) is 30.5 Å². The van der Waals surface area contributed by atoms with Gasteiger partial charge < -0.3 is 15.7 Å². The van der Waals surface area contributed by atoms with Crippen molar-refractivity contribution in [2.45, 2.75) is 32.1 Å². The molecule has 116 valence electrons. The smallest absolute Gasteiger partial charge is 0.319 e. The number of carbonyl (C=O) groups is 2. The summed E-state index contributed by atoms with van der Waals surface area (Å²) >= 11 is 5.50. The van der Waals surface area contributed by atoms with E-state index in [1.165, 1.54) is 0 Å². The Bertz CT molecular complexity index is 466. The molecule has 1 rings (SSSR count). The SMILES string of the molecule is O=C(O)CCCCCc1cccc(NC(=O)NCCCl)c1. The molecule has 0 radical (unpaired) electrons. The summed E-state index contributed by atoms with van der Waals surface area (Å²) in [5, 5.41) is 13.9. The van der Waals surface area contributed by atoms with Gasteiger partial charge in [0, 0.05) is 24.5 Å². The number of benzene rings is 1. The number of amides is 2. The number of alkyl halides is 1. The Labute approximate surface area is 129 Å². The van der Waals surface area contributed by atoms with Crippen LogP contribution in [0.5, 0.6) is 0 Å². The Morgan fingerprint density at radius 3 is 2.71 bits per heavy atom. The predicted molar refractivity (Wildman–Crippen MR) is 84.0 cm³/mol. The average Bonchev–Trinajstić information content (AvgIpc) is 2.45. The van der Waals surface area contributed by atoms with Gasteiger partial charge in [0.25, 0.3) is 0 Å². The first-order valence-corrected chi connectivity index (χ1v) is 7.57. The van der Waals surface area contributed by atoms with Gasteiger partial charge in [0.2, 0.25) is 0 Å². The highest BCUT2D eigenvalue weighted by molar-refractivity contribution is 6.18. The summed E-state index contributed by atoms with van der Waals surface area (Å²) < 4.78 is 0. The number of unbranched alkanes of at least 4 members (excludes halogenated alkanes) is 2. The zero-order valence-corrected chi connectivity index (χ0v) is 12.7. The van der Waals surface area contributed by atoms with Gasteiger partial charge in [-0.25, -0.2) is 4.79 Å². The summed E-state index contributed by atoms with van der Waals surface area (Å²) in [5.74, 6) is -0.367. The molecule has 0 fully saturated rings. The molecule has 3 N–H and O–H groups in total. The number of halogens is 1. The van der Waals surface area contributed by atoms with Gasteiger partial charge in [0.05, 0.1) is 0 Å². The summed E-state index contributed by atoms with van der Waals surface area (Å²) in [4.78, 5) is 21.9. The van der Waals surface area contributed by atoms with Gasteiger partial charge in [-0.1, -0.05) is 18.6 Å². The third-order valence-corrected chi connectivity index (χ3v) is 3.11. The Balaban J connectivity index is 2.34. The number of hydrogen-bond donors (Lipinski definition) is 3. The molecule has 0 aromatic heterocycles. The lowest BCUT2D eigenvalue weighted by Gasteiger charge is -2.08. The summed E-state index contributed by atoms with van der Waals surface area (Å²) in [5.41, 5.74) is 1.87. The molecule has 0 aliphatic rings. The summed E-state index contributed by atoms with van der Waals surface area (Å²) in [6, 6.07) is 7.38. The number of anilines is 1. The lowest BCUT2D eigenvalue weighted by atomic mass is 10.1. The molecule has 0 heterocycles. The maximum absolute atomic E-state index is 11.5. The van der Waals surface area contributed by atoms with Crippen LogP contribution in [0.4, 0.5) is 10.5 Å². The molecule has 1 aromatic rings. The van der Waals surface area contributed by atoms with Crippen LogP contribution in [0.1, 0.15) is 31.2 Å². The Kier molecular flexibility index (Phi) is 8.28. The molecule has 5 nitrogen and oxygen atoms in total. The van der Waals surface area contributed by atoms with E-state index in [1.54, 1.807) is 0 Å². The third-order valence-electron chi connectivity index (χ3n) is 2.92. The van der Waals surface area contributed by atoms with Gasteiger partial charge in [-0.05, 0) is 37.0 Å². The van der Waals surface area contributed by atoms with Crippen molar-refractivity contribution in [2.24, 2.45) is 0 Å². The number of aliphatic carboxylic acids is 1. The van der Waals surface area contributed by atoms with Crippen LogP contribution in [-0.4, -0.2) is 29.5 Å². The normalized spacial score (nSPS) is 10.1. The van der Waals surface area contributed by atoms with E-state index in [9.17, 15) is 9.59 Å². The molecule has 0 saturated heterocycles. The van der Waals surface area contributed by atoms with Crippen molar-refractivity contribution >= 4 is 29.3 Å². The van der Waals surface area contributed by atoms with Crippen molar-refractivity contribution in [1.82, 2.24) is 5.32 Å². The molecular formula is C15H21ClN2O3. The van der Waals surface area contributed by atoms with Crippen LogP contribution in [0.2, 0.25) is 0 Å². The molecule has 2 amide bonds. The van der Waals surface area contributed by atoms with Gasteiger partial charge in [-0.2, -0.15) is 0 Å². The van der Waals surface area contributed by atoms with Crippen molar-refractivity contribution in [3.63, 3.8) is 0 Å². The van der Waals surface area contributed by atoms with Gasteiger partial charge in [0.15, 0.2) is 0 Å². The number of hydrogen-bond acceptors (Lipinski definition) is 2. The van der Waals surface area contributed by atoms with Crippen molar-refractivity contribution < 1.29 is 14.7 Å². The fourth-order valence-corrected chi connectivity index (χ4v) is 2.02. The molecule has 0 saturated carbocycles. The molecule has 0 aliphatic carbocycles. The zero-order valence-electron chi connectivity index (χ0n) is 11.9. The number of aryl methyl sites for hydroxylation is 1. The highest BCUT2D eigenvalue weighted by atomic mass is 35.5. The second-order valence-electron chi connectivity index (χ2n) is 4.72. The van der Waals surface area contributed by atoms with E-state index in [0.29, 0.717) is 18.8 Å². The molecule has 0 atom stereocenters. The second-order valence-corrected chi connectivity index (χ2v) is 5.10. The monoisotopic (exact) mass is 312 g/mol. The molecular weight excluding hydrogens is 292 g/mol. The topological polar surface area (TPSA) is 78.4 Å². The molecule has 1 aromatic carbocycles. The average molecular weight is 313 g/mol. The van der Waals surface area contributed by atoms with Crippen LogP contribution in [0.15, 0.2) is 24.3 Å². The number of carbonyl (C=O) groups excluding carboxylic acids is 1. The minimum absolute atomic E-state index is 0.225. The van der Waals surface area contributed by atoms with Gasteiger partial charge in [-0.15, -0.1) is 11.6 Å². The van der Waals surface area contributed by atoms with E-state index in [4.69, 9.17) is 16.7 Å². The fourth-order valence-electron chi connectivity index (χ4n) is 1.92. The quantitative estimate of drug-likeness (QED) is 0.484. The summed E-state index contributed by atoms with van der Waals surface area (Å²) in [7, 11) is 0. The third kappa shape index (κ3) is 8.19. The van der Waals surface area contributed by atoms with Gasteiger partial charge >= 0.3 is 12.0 Å². The van der Waals surface area contributed by atoms with E-state index in [-0.39, 0.29) is 12.5 Å². The first-order chi connectivity index (χ1) is 10.1. The molecule has 0 unspecified atom stereocenters. The van der Waals surface area contributed by atoms with Crippen molar-refractivity contribution in [3.05, 3.63) is 29.8 Å². The highest BCUT2D eigenvalue weighted by Gasteiger charge is 2.02. The van der Waals surface area contributed by atoms with Gasteiger partial charge in [-0.3, -0.25) is 4.79 Å². The largest absolute Gasteiger partial charge is 0.481 e. The molecule has 21 heavy (non-hydrogen) atoms. The number of rotatable bonds is 9. The van der Waals surface area contributed by atoms with Crippen LogP contribution in [0.3, 0.4) is 0 Å². The zero-order chi connectivity index (χ0) is 15.5. The number of carboxylic acids is 1. The second kappa shape index (κ2) is 10.0. The van der Waals surface area contributed by atoms with E-state index in [1.807, 2.05) is 24.3 Å². The van der Waals surface area contributed by atoms with Crippen LogP contribution in [0.25, 0.3) is 0 Å². The van der Waals surface area contributed by atoms with E-state index >= 15 is 0 Å². The maximum Gasteiger partial charge on any atom is 0.319 e. The van der Waals surface area contributed by atoms with Crippen LogP contribution >= 0.6 is 11.6 Å². The van der Waals surface area contributed by atoms with E-state index in [2.05, 4.69) is 10.6 Å². The molecule has 0 spiro atoms. The number of urea groups is 1. The summed E-state index contributed by atoms with van der Waals surface area (Å²) in [6.45, 7) is 0.427. The number of carboxylic acid groups (broad SMARTS) is 1. The fraction of sp³-hybridized carbons (Fsp3) is 0.467. The number of nitrogens with one attached hydrogen (secondary N) is 2. The maximum atomic E-state index is 11.5. The lowest BCUT2D eigenvalue weighted by Crippen LogP contribution is -2.30. The van der Waals surface area contributed by atoms with Crippen molar-refractivity contribution in [3.8, 4) is 0 Å².